The van der Waals surface area contributed by atoms with Gasteiger partial charge in [0.25, 0.3) is 0 Å². The highest BCUT2D eigenvalue weighted by molar-refractivity contribution is 5.70. The quantitative estimate of drug-likeness (QED) is 0.365. The molecule has 0 aromatic heterocycles. The van der Waals surface area contributed by atoms with Crippen molar-refractivity contribution in [3.8, 4) is 0 Å². The summed E-state index contributed by atoms with van der Waals surface area (Å²) in [5.74, 6) is 0. The summed E-state index contributed by atoms with van der Waals surface area (Å²) < 4.78 is 0. The van der Waals surface area contributed by atoms with Gasteiger partial charge in [0.1, 0.15) is 0 Å². The Balaban J connectivity index is 3.27. The molecule has 0 aromatic carbocycles. The first-order valence-corrected chi connectivity index (χ1v) is 2.04. The lowest BCUT2D eigenvalue weighted by atomic mass is 10.7. The average Bonchev–Trinajstić information content (AvgIpc) is 1.69. The molecule has 0 heterocycles. The molecule has 38 valence electrons. The van der Waals surface area contributed by atoms with E-state index in [1.54, 1.807) is 19.2 Å². The van der Waals surface area contributed by atoms with Crippen molar-refractivity contribution in [2.45, 2.75) is 6.92 Å². The Kier molecular flexibility index (Phi) is 4.41. The third-order valence-electron chi connectivity index (χ3n) is 0.354. The Morgan fingerprint density at radius 3 is 2.57 bits per heavy atom. The van der Waals surface area contributed by atoms with Crippen LogP contribution in [0.2, 0.25) is 0 Å². The Bertz CT molecular complexity index is 92.3. The molecule has 7 heavy (non-hydrogen) atoms. The van der Waals surface area contributed by atoms with Crippen LogP contribution in [0.15, 0.2) is 22.9 Å². The molecule has 0 radical (unpaired) electrons. The van der Waals surface area contributed by atoms with Gasteiger partial charge in [-0.15, -0.1) is 0 Å². The van der Waals surface area contributed by atoms with Crippen molar-refractivity contribution in [2.24, 2.45) is 10.2 Å². The second-order valence-electron chi connectivity index (χ2n) is 0.874. The highest BCUT2D eigenvalue weighted by Gasteiger charge is 1.52. The average molecular weight is 96.1 g/mol. The van der Waals surface area contributed by atoms with Crippen LogP contribution in [0.1, 0.15) is 6.92 Å². The van der Waals surface area contributed by atoms with Gasteiger partial charge in [-0.25, -0.2) is 0 Å². The zero-order chi connectivity index (χ0) is 5.54. The molecule has 0 aromatic rings. The molecule has 0 unspecified atom stereocenters. The second-order valence-corrected chi connectivity index (χ2v) is 0.874. The van der Waals surface area contributed by atoms with E-state index in [0.29, 0.717) is 0 Å². The topological polar surface area (TPSA) is 24.7 Å². The molecule has 0 rings (SSSR count). The van der Waals surface area contributed by atoms with Crippen molar-refractivity contribution in [1.82, 2.24) is 0 Å². The van der Waals surface area contributed by atoms with Crippen molar-refractivity contribution < 1.29 is 0 Å². The van der Waals surface area contributed by atoms with Crippen LogP contribution >= 0.6 is 0 Å². The van der Waals surface area contributed by atoms with E-state index in [1.807, 2.05) is 0 Å². The van der Waals surface area contributed by atoms with Crippen LogP contribution in [0.4, 0.5) is 0 Å². The number of hydrogen-bond donors (Lipinski definition) is 0. The summed E-state index contributed by atoms with van der Waals surface area (Å²) in [4.78, 5) is 0. The fourth-order valence-electron chi connectivity index (χ4n) is 0.152. The van der Waals surface area contributed by atoms with Crippen LogP contribution in [-0.4, -0.2) is 12.4 Å². The van der Waals surface area contributed by atoms with Crippen LogP contribution < -0.4 is 0 Å². The van der Waals surface area contributed by atoms with E-state index < -0.39 is 0 Å². The Hall–Kier alpha value is -0.920. The molecule has 2 heteroatoms. The summed E-state index contributed by atoms with van der Waals surface area (Å²) in [6.07, 6.45) is 4.72. The van der Waals surface area contributed by atoms with E-state index in [1.165, 1.54) is 6.21 Å². The van der Waals surface area contributed by atoms with Crippen LogP contribution in [0.5, 0.6) is 0 Å². The molecule has 0 atom stereocenters. The largest absolute Gasteiger partial charge is 0.164 e. The van der Waals surface area contributed by atoms with Crippen molar-refractivity contribution >= 4 is 12.4 Å². The zero-order valence-electron chi connectivity index (χ0n) is 4.33. The first kappa shape index (κ1) is 6.08. The SMILES string of the molecule is C=C/C=N\N=C/C. The van der Waals surface area contributed by atoms with Gasteiger partial charge in [-0.05, 0) is 13.0 Å². The molecule has 0 spiro atoms. The molecule has 0 aliphatic heterocycles. The van der Waals surface area contributed by atoms with E-state index >= 15 is 0 Å². The Morgan fingerprint density at radius 2 is 2.14 bits per heavy atom. The summed E-state index contributed by atoms with van der Waals surface area (Å²) in [5.41, 5.74) is 0. The standard InChI is InChI=1S/C5H8N2/c1-3-5-7-6-4-2/h3-5H,1H2,2H3/b6-4-,7-5-. The van der Waals surface area contributed by atoms with E-state index in [9.17, 15) is 0 Å². The molecule has 0 aliphatic rings. The number of nitrogens with zero attached hydrogens (tertiary/aromatic N) is 2. The van der Waals surface area contributed by atoms with Crippen LogP contribution in [-0.2, 0) is 0 Å². The lowest BCUT2D eigenvalue weighted by Gasteiger charge is -1.66. The normalized spacial score (nSPS) is 11.0. The summed E-state index contributed by atoms with van der Waals surface area (Å²) in [6, 6.07) is 0. The van der Waals surface area contributed by atoms with Gasteiger partial charge in [0, 0.05) is 12.4 Å². The summed E-state index contributed by atoms with van der Waals surface area (Å²) in [7, 11) is 0. The van der Waals surface area contributed by atoms with Gasteiger partial charge < -0.3 is 0 Å². The molecule has 2 nitrogen and oxygen atoms in total. The minimum Gasteiger partial charge on any atom is -0.164 e. The molecule has 0 saturated heterocycles. The third-order valence-corrected chi connectivity index (χ3v) is 0.354. The number of rotatable bonds is 2. The van der Waals surface area contributed by atoms with E-state index in [0.717, 1.165) is 0 Å². The van der Waals surface area contributed by atoms with Gasteiger partial charge in [-0.3, -0.25) is 0 Å². The summed E-state index contributed by atoms with van der Waals surface area (Å²) in [6.45, 7) is 5.22. The second kappa shape index (κ2) is 5.08. The Morgan fingerprint density at radius 1 is 1.43 bits per heavy atom. The molecule has 0 bridgehead atoms. The molecule has 0 N–H and O–H groups in total. The van der Waals surface area contributed by atoms with Crippen LogP contribution in [0.3, 0.4) is 0 Å². The molecule has 0 aliphatic carbocycles. The predicted octanol–water partition coefficient (Wildman–Crippen LogP) is 1.25. The fourth-order valence-corrected chi connectivity index (χ4v) is 0.152. The maximum atomic E-state index is 3.53. The zero-order valence-corrected chi connectivity index (χ0v) is 4.33. The van der Waals surface area contributed by atoms with Crippen molar-refractivity contribution in [2.75, 3.05) is 0 Å². The molecular formula is C5H8N2. The van der Waals surface area contributed by atoms with Crippen molar-refractivity contribution in [3.63, 3.8) is 0 Å². The highest BCUT2D eigenvalue weighted by atomic mass is 15.2. The van der Waals surface area contributed by atoms with E-state index in [4.69, 9.17) is 0 Å². The monoisotopic (exact) mass is 96.1 g/mol. The lowest BCUT2D eigenvalue weighted by Crippen LogP contribution is -1.58. The maximum Gasteiger partial charge on any atom is 0.0489 e. The highest BCUT2D eigenvalue weighted by Crippen LogP contribution is 1.63. The Labute approximate surface area is 43.3 Å². The van der Waals surface area contributed by atoms with E-state index in [2.05, 4.69) is 16.8 Å². The summed E-state index contributed by atoms with van der Waals surface area (Å²) in [5, 5.41) is 7.07. The van der Waals surface area contributed by atoms with Gasteiger partial charge in [0.15, 0.2) is 0 Å². The van der Waals surface area contributed by atoms with Gasteiger partial charge >= 0.3 is 0 Å². The minimum atomic E-state index is 1.53. The third kappa shape index (κ3) is 5.08. The van der Waals surface area contributed by atoms with Gasteiger partial charge in [0.05, 0.1) is 0 Å². The molecule has 0 saturated carbocycles. The molecule has 0 fully saturated rings. The smallest absolute Gasteiger partial charge is 0.0489 e. The number of allylic oxidation sites excluding steroid dienone is 1. The van der Waals surface area contributed by atoms with Gasteiger partial charge in [0.2, 0.25) is 0 Å². The minimum absolute atomic E-state index is 1.53. The first-order chi connectivity index (χ1) is 3.41. The molecular weight excluding hydrogens is 88.1 g/mol. The van der Waals surface area contributed by atoms with Gasteiger partial charge in [-0.2, -0.15) is 10.2 Å². The molecule has 0 amide bonds. The van der Waals surface area contributed by atoms with Crippen LogP contribution in [0, 0.1) is 0 Å². The lowest BCUT2D eigenvalue weighted by molar-refractivity contribution is 1.27. The first-order valence-electron chi connectivity index (χ1n) is 2.04. The number of hydrogen-bond acceptors (Lipinski definition) is 2. The predicted molar refractivity (Wildman–Crippen MR) is 32.9 cm³/mol. The maximum absolute atomic E-state index is 3.53. The van der Waals surface area contributed by atoms with Crippen molar-refractivity contribution in [1.29, 1.82) is 0 Å². The fraction of sp³-hybridized carbons (Fsp3) is 0.200. The van der Waals surface area contributed by atoms with Crippen molar-refractivity contribution in [3.05, 3.63) is 12.7 Å². The summed E-state index contributed by atoms with van der Waals surface area (Å²) >= 11 is 0. The van der Waals surface area contributed by atoms with Gasteiger partial charge in [-0.1, -0.05) is 6.58 Å². The van der Waals surface area contributed by atoms with Crippen LogP contribution in [0.25, 0.3) is 0 Å². The van der Waals surface area contributed by atoms with E-state index in [-0.39, 0.29) is 0 Å².